The first-order valence-corrected chi connectivity index (χ1v) is 5.56. The second kappa shape index (κ2) is 5.59. The van der Waals surface area contributed by atoms with Crippen LogP contribution in [-0.4, -0.2) is 31.2 Å². The minimum Gasteiger partial charge on any atom is -0.366 e. The van der Waals surface area contributed by atoms with Crippen molar-refractivity contribution < 1.29 is 9.59 Å². The molecule has 0 fully saturated rings. The molecule has 2 N–H and O–H groups in total. The van der Waals surface area contributed by atoms with Crippen LogP contribution in [0.4, 0.5) is 0 Å². The fourth-order valence-corrected chi connectivity index (χ4v) is 2.00. The van der Waals surface area contributed by atoms with Crippen LogP contribution in [0.15, 0.2) is 18.2 Å². The Labute approximate surface area is 101 Å². The number of rotatable bonds is 5. The predicted molar refractivity (Wildman–Crippen MR) is 67.1 cm³/mol. The van der Waals surface area contributed by atoms with Gasteiger partial charge in [0.1, 0.15) is 6.29 Å². The fourth-order valence-electron chi connectivity index (χ4n) is 2.00. The molecule has 92 valence electrons. The summed E-state index contributed by atoms with van der Waals surface area (Å²) in [4.78, 5) is 24.2. The van der Waals surface area contributed by atoms with Gasteiger partial charge in [-0.15, -0.1) is 0 Å². The van der Waals surface area contributed by atoms with Gasteiger partial charge in [-0.1, -0.05) is 13.0 Å². The number of hydrogen-bond donors (Lipinski definition) is 1. The van der Waals surface area contributed by atoms with Crippen LogP contribution in [0, 0.1) is 0 Å². The summed E-state index contributed by atoms with van der Waals surface area (Å²) in [6.45, 7) is 2.06. The molecule has 0 aliphatic rings. The molecule has 0 radical (unpaired) electrons. The monoisotopic (exact) mass is 234 g/mol. The van der Waals surface area contributed by atoms with E-state index in [2.05, 4.69) is 6.92 Å². The third kappa shape index (κ3) is 2.91. The zero-order valence-electron chi connectivity index (χ0n) is 10.4. The summed E-state index contributed by atoms with van der Waals surface area (Å²) in [6.07, 6.45) is 1.66. The smallest absolute Gasteiger partial charge is 0.248 e. The van der Waals surface area contributed by atoms with E-state index >= 15 is 0 Å². The Morgan fingerprint density at radius 2 is 2.12 bits per heavy atom. The lowest BCUT2D eigenvalue weighted by atomic mass is 9.96. The molecule has 0 heterocycles. The summed E-state index contributed by atoms with van der Waals surface area (Å²) in [5.74, 6) is -0.516. The van der Waals surface area contributed by atoms with Crippen molar-refractivity contribution in [3.8, 4) is 0 Å². The van der Waals surface area contributed by atoms with E-state index in [1.807, 2.05) is 19.0 Å². The van der Waals surface area contributed by atoms with Crippen LogP contribution in [0.2, 0.25) is 0 Å². The molecule has 4 heteroatoms. The SMILES string of the molecule is CCC(c1ccc(C(N)=O)cc1C=O)N(C)C. The number of hydrogen-bond acceptors (Lipinski definition) is 3. The molecular formula is C13H18N2O2. The number of carbonyl (C=O) groups excluding carboxylic acids is 2. The molecule has 0 aliphatic carbocycles. The molecule has 0 saturated carbocycles. The second-order valence-corrected chi connectivity index (χ2v) is 4.21. The molecule has 0 aromatic heterocycles. The highest BCUT2D eigenvalue weighted by Gasteiger charge is 2.16. The highest BCUT2D eigenvalue weighted by atomic mass is 16.1. The molecule has 17 heavy (non-hydrogen) atoms. The second-order valence-electron chi connectivity index (χ2n) is 4.21. The zero-order chi connectivity index (χ0) is 13.0. The fraction of sp³-hybridized carbons (Fsp3) is 0.385. The lowest BCUT2D eigenvalue weighted by Gasteiger charge is -2.24. The minimum atomic E-state index is -0.516. The Morgan fingerprint density at radius 1 is 1.47 bits per heavy atom. The Morgan fingerprint density at radius 3 is 2.53 bits per heavy atom. The van der Waals surface area contributed by atoms with E-state index in [-0.39, 0.29) is 6.04 Å². The third-order valence-corrected chi connectivity index (χ3v) is 2.87. The van der Waals surface area contributed by atoms with Crippen LogP contribution in [0.3, 0.4) is 0 Å². The van der Waals surface area contributed by atoms with Gasteiger partial charge in [0, 0.05) is 17.2 Å². The minimum absolute atomic E-state index is 0.164. The van der Waals surface area contributed by atoms with Crippen LogP contribution >= 0.6 is 0 Å². The molecule has 1 rings (SSSR count). The molecule has 0 spiro atoms. The van der Waals surface area contributed by atoms with Gasteiger partial charge in [-0.05, 0) is 38.2 Å². The van der Waals surface area contributed by atoms with Gasteiger partial charge in [0.05, 0.1) is 0 Å². The number of aldehydes is 1. The van der Waals surface area contributed by atoms with Crippen LogP contribution < -0.4 is 5.73 Å². The number of amides is 1. The highest BCUT2D eigenvalue weighted by Crippen LogP contribution is 2.25. The van der Waals surface area contributed by atoms with Crippen molar-refractivity contribution in [1.82, 2.24) is 4.90 Å². The summed E-state index contributed by atoms with van der Waals surface area (Å²) in [5, 5.41) is 0. The average molecular weight is 234 g/mol. The number of nitrogens with two attached hydrogens (primary N) is 1. The number of primary amides is 1. The predicted octanol–water partition coefficient (Wildman–Crippen LogP) is 1.61. The van der Waals surface area contributed by atoms with E-state index in [0.717, 1.165) is 18.3 Å². The van der Waals surface area contributed by atoms with Crippen LogP contribution in [-0.2, 0) is 0 Å². The first-order chi connectivity index (χ1) is 8.01. The van der Waals surface area contributed by atoms with Gasteiger partial charge in [-0.25, -0.2) is 0 Å². The lowest BCUT2D eigenvalue weighted by molar-refractivity contribution is 0.1000. The summed E-state index contributed by atoms with van der Waals surface area (Å²) < 4.78 is 0. The molecule has 0 aliphatic heterocycles. The third-order valence-electron chi connectivity index (χ3n) is 2.87. The lowest BCUT2D eigenvalue weighted by Crippen LogP contribution is -2.21. The van der Waals surface area contributed by atoms with Crippen LogP contribution in [0.1, 0.15) is 45.7 Å². The van der Waals surface area contributed by atoms with E-state index in [1.54, 1.807) is 18.2 Å². The maximum Gasteiger partial charge on any atom is 0.248 e. The molecule has 0 bridgehead atoms. The maximum atomic E-state index is 11.1. The summed E-state index contributed by atoms with van der Waals surface area (Å²) >= 11 is 0. The first kappa shape index (κ1) is 13.4. The van der Waals surface area contributed by atoms with Crippen LogP contribution in [0.5, 0.6) is 0 Å². The van der Waals surface area contributed by atoms with Crippen molar-refractivity contribution in [2.24, 2.45) is 5.73 Å². The maximum absolute atomic E-state index is 11.1. The average Bonchev–Trinajstić information content (AvgIpc) is 2.29. The standard InChI is InChI=1S/C13H18N2O2/c1-4-12(15(2)3)11-6-5-9(13(14)17)7-10(11)8-16/h5-8,12H,4H2,1-3H3,(H2,14,17). The summed E-state index contributed by atoms with van der Waals surface area (Å²) in [7, 11) is 3.93. The summed E-state index contributed by atoms with van der Waals surface area (Å²) in [5.41, 5.74) is 7.01. The van der Waals surface area contributed by atoms with Gasteiger partial charge in [0.25, 0.3) is 0 Å². The van der Waals surface area contributed by atoms with Crippen molar-refractivity contribution in [2.75, 3.05) is 14.1 Å². The van der Waals surface area contributed by atoms with Crippen molar-refractivity contribution in [3.05, 3.63) is 34.9 Å². The van der Waals surface area contributed by atoms with Crippen LogP contribution in [0.25, 0.3) is 0 Å². The topological polar surface area (TPSA) is 63.4 Å². The van der Waals surface area contributed by atoms with E-state index in [9.17, 15) is 9.59 Å². The van der Waals surface area contributed by atoms with Gasteiger partial charge in [-0.3, -0.25) is 9.59 Å². The molecule has 0 saturated heterocycles. The van der Waals surface area contributed by atoms with Crippen molar-refractivity contribution >= 4 is 12.2 Å². The molecule has 1 aromatic rings. The zero-order valence-corrected chi connectivity index (χ0v) is 10.4. The Balaban J connectivity index is 3.24. The molecule has 1 unspecified atom stereocenters. The number of nitrogens with zero attached hydrogens (tertiary/aromatic N) is 1. The van der Waals surface area contributed by atoms with Gasteiger partial charge in [0.15, 0.2) is 0 Å². The largest absolute Gasteiger partial charge is 0.366 e. The quantitative estimate of drug-likeness (QED) is 0.787. The van der Waals surface area contributed by atoms with Crippen molar-refractivity contribution in [1.29, 1.82) is 0 Å². The van der Waals surface area contributed by atoms with E-state index in [1.165, 1.54) is 0 Å². The Kier molecular flexibility index (Phi) is 4.40. The first-order valence-electron chi connectivity index (χ1n) is 5.56. The van der Waals surface area contributed by atoms with E-state index in [0.29, 0.717) is 11.1 Å². The van der Waals surface area contributed by atoms with E-state index in [4.69, 9.17) is 5.73 Å². The molecule has 4 nitrogen and oxygen atoms in total. The van der Waals surface area contributed by atoms with Gasteiger partial charge < -0.3 is 10.6 Å². The number of carbonyl (C=O) groups is 2. The van der Waals surface area contributed by atoms with Gasteiger partial charge in [0.2, 0.25) is 5.91 Å². The Bertz CT molecular complexity index is 427. The molecule has 1 atom stereocenters. The number of benzene rings is 1. The molecule has 1 amide bonds. The Hall–Kier alpha value is -1.68. The summed E-state index contributed by atoms with van der Waals surface area (Å²) in [6, 6.07) is 5.18. The van der Waals surface area contributed by atoms with Gasteiger partial charge >= 0.3 is 0 Å². The van der Waals surface area contributed by atoms with Crippen molar-refractivity contribution in [3.63, 3.8) is 0 Å². The normalized spacial score (nSPS) is 12.5. The highest BCUT2D eigenvalue weighted by molar-refractivity contribution is 5.95. The van der Waals surface area contributed by atoms with Gasteiger partial charge in [-0.2, -0.15) is 0 Å². The molecular weight excluding hydrogens is 216 g/mol. The van der Waals surface area contributed by atoms with Crippen molar-refractivity contribution in [2.45, 2.75) is 19.4 Å². The van der Waals surface area contributed by atoms with E-state index < -0.39 is 5.91 Å². The molecule has 1 aromatic carbocycles.